The van der Waals surface area contributed by atoms with Gasteiger partial charge in [-0.1, -0.05) is 27.7 Å². The minimum Gasteiger partial charge on any atom is -0.462 e. The molecule has 0 saturated carbocycles. The number of hydrogen-bond acceptors (Lipinski definition) is 6. The van der Waals surface area contributed by atoms with E-state index in [1.165, 1.54) is 0 Å². The molecule has 0 aromatic rings. The van der Waals surface area contributed by atoms with Gasteiger partial charge in [0.15, 0.2) is 6.29 Å². The molecule has 0 aromatic heterocycles. The molecule has 29 heavy (non-hydrogen) atoms. The first-order chi connectivity index (χ1) is 13.6. The van der Waals surface area contributed by atoms with Crippen molar-refractivity contribution in [3.63, 3.8) is 0 Å². The molecule has 0 spiro atoms. The first-order valence-electron chi connectivity index (χ1n) is 11.4. The third kappa shape index (κ3) is 6.50. The molecule has 0 amide bonds. The highest BCUT2D eigenvalue weighted by Gasteiger charge is 2.38. The van der Waals surface area contributed by atoms with Crippen LogP contribution >= 0.6 is 0 Å². The number of Topliss-reactive ketones (excluding diaryl/α,β-unsaturated/α-hetero) is 1. The van der Waals surface area contributed by atoms with Gasteiger partial charge in [0.1, 0.15) is 11.9 Å². The van der Waals surface area contributed by atoms with Gasteiger partial charge in [-0.2, -0.15) is 0 Å². The molecule has 1 N–H and O–H groups in total. The molecule has 2 rings (SSSR count). The number of ketones is 1. The monoisotopic (exact) mass is 412 g/mol. The average Bonchev–Trinajstić information content (AvgIpc) is 2.68. The van der Waals surface area contributed by atoms with Crippen molar-refractivity contribution in [3.8, 4) is 0 Å². The number of rotatable bonds is 3. The van der Waals surface area contributed by atoms with E-state index in [9.17, 15) is 14.7 Å². The van der Waals surface area contributed by atoms with Gasteiger partial charge in [0, 0.05) is 18.8 Å². The highest BCUT2D eigenvalue weighted by molar-refractivity contribution is 5.80. The lowest BCUT2D eigenvalue weighted by Gasteiger charge is -2.38. The molecular formula is C23H40O6. The number of carbonyl (C=O) groups is 2. The Morgan fingerprint density at radius 1 is 1.03 bits per heavy atom. The largest absolute Gasteiger partial charge is 0.462 e. The number of ether oxygens (including phenoxy) is 3. The van der Waals surface area contributed by atoms with Crippen LogP contribution in [-0.2, 0) is 23.8 Å². The number of esters is 1. The third-order valence-electron chi connectivity index (χ3n) is 6.77. The molecule has 2 aliphatic heterocycles. The van der Waals surface area contributed by atoms with Gasteiger partial charge in [0.25, 0.3) is 0 Å². The standard InChI is InChI=1S/C23H40O6/c1-7-20-13(2)8-9-18(24)14(3)12-15(4)22(16(5)23(26)28-20)29-21-11-10-19(25)17(6)27-21/h13-17,19-22,25H,7-12H2,1-6H3/t13-,14-,15+,16-,17+,19-,20-,21+,22+/m1/s1. The molecule has 2 heterocycles. The summed E-state index contributed by atoms with van der Waals surface area (Å²) in [6.45, 7) is 11.7. The van der Waals surface area contributed by atoms with Gasteiger partial charge in [-0.05, 0) is 51.4 Å². The Labute approximate surface area is 175 Å². The van der Waals surface area contributed by atoms with E-state index in [4.69, 9.17) is 14.2 Å². The zero-order valence-electron chi connectivity index (χ0n) is 18.9. The molecule has 0 aromatic carbocycles. The molecule has 2 aliphatic rings. The van der Waals surface area contributed by atoms with Crippen LogP contribution in [0.15, 0.2) is 0 Å². The van der Waals surface area contributed by atoms with Crippen LogP contribution in [0.3, 0.4) is 0 Å². The maximum absolute atomic E-state index is 13.0. The Hall–Kier alpha value is -0.980. The second-order valence-corrected chi connectivity index (χ2v) is 9.28. The number of aliphatic hydroxyl groups excluding tert-OH is 1. The fourth-order valence-electron chi connectivity index (χ4n) is 4.58. The molecule has 2 saturated heterocycles. The number of carbonyl (C=O) groups excluding carboxylic acids is 2. The maximum atomic E-state index is 13.0. The van der Waals surface area contributed by atoms with Gasteiger partial charge in [0.2, 0.25) is 0 Å². The van der Waals surface area contributed by atoms with E-state index in [0.717, 1.165) is 12.8 Å². The maximum Gasteiger partial charge on any atom is 0.311 e. The Morgan fingerprint density at radius 2 is 1.72 bits per heavy atom. The number of hydrogen-bond donors (Lipinski definition) is 1. The minimum atomic E-state index is -0.490. The highest BCUT2D eigenvalue weighted by Crippen LogP contribution is 2.32. The Morgan fingerprint density at radius 3 is 2.34 bits per heavy atom. The lowest BCUT2D eigenvalue weighted by molar-refractivity contribution is -0.249. The number of aliphatic hydroxyl groups is 1. The Kier molecular flexibility index (Phi) is 9.11. The first kappa shape index (κ1) is 24.3. The molecule has 2 fully saturated rings. The summed E-state index contributed by atoms with van der Waals surface area (Å²) in [5.41, 5.74) is 0. The van der Waals surface area contributed by atoms with Crippen molar-refractivity contribution in [1.82, 2.24) is 0 Å². The third-order valence-corrected chi connectivity index (χ3v) is 6.77. The average molecular weight is 413 g/mol. The summed E-state index contributed by atoms with van der Waals surface area (Å²) in [7, 11) is 0. The van der Waals surface area contributed by atoms with Gasteiger partial charge < -0.3 is 19.3 Å². The predicted octanol–water partition coefficient (Wildman–Crippen LogP) is 3.88. The molecule has 0 aliphatic carbocycles. The fraction of sp³-hybridized carbons (Fsp3) is 0.913. The van der Waals surface area contributed by atoms with Crippen molar-refractivity contribution in [2.24, 2.45) is 23.7 Å². The summed E-state index contributed by atoms with van der Waals surface area (Å²) >= 11 is 0. The second-order valence-electron chi connectivity index (χ2n) is 9.28. The minimum absolute atomic E-state index is 0.000757. The van der Waals surface area contributed by atoms with Crippen LogP contribution < -0.4 is 0 Å². The lowest BCUT2D eigenvalue weighted by Crippen LogP contribution is -2.45. The van der Waals surface area contributed by atoms with E-state index >= 15 is 0 Å². The second kappa shape index (κ2) is 10.9. The molecule has 6 heteroatoms. The van der Waals surface area contributed by atoms with E-state index in [-0.39, 0.29) is 41.7 Å². The van der Waals surface area contributed by atoms with Crippen molar-refractivity contribution in [1.29, 1.82) is 0 Å². The van der Waals surface area contributed by atoms with Gasteiger partial charge in [-0.3, -0.25) is 9.59 Å². The van der Waals surface area contributed by atoms with Gasteiger partial charge in [0.05, 0.1) is 24.2 Å². The fourth-order valence-corrected chi connectivity index (χ4v) is 4.58. The summed E-state index contributed by atoms with van der Waals surface area (Å²) in [4.78, 5) is 25.6. The Bertz CT molecular complexity index is 549. The van der Waals surface area contributed by atoms with Gasteiger partial charge >= 0.3 is 5.97 Å². The number of cyclic esters (lactones) is 1. The highest BCUT2D eigenvalue weighted by atomic mass is 16.7. The van der Waals surface area contributed by atoms with Crippen LogP contribution in [-0.4, -0.2) is 47.6 Å². The smallest absolute Gasteiger partial charge is 0.311 e. The van der Waals surface area contributed by atoms with Crippen molar-refractivity contribution < 1.29 is 28.9 Å². The molecule has 6 nitrogen and oxygen atoms in total. The molecule has 0 bridgehead atoms. The molecule has 0 unspecified atom stereocenters. The topological polar surface area (TPSA) is 82.1 Å². The van der Waals surface area contributed by atoms with E-state index < -0.39 is 24.4 Å². The first-order valence-corrected chi connectivity index (χ1v) is 11.4. The van der Waals surface area contributed by atoms with Crippen molar-refractivity contribution in [2.45, 2.75) is 111 Å². The van der Waals surface area contributed by atoms with Crippen LogP contribution in [0, 0.1) is 23.7 Å². The summed E-state index contributed by atoms with van der Waals surface area (Å²) < 4.78 is 18.0. The van der Waals surface area contributed by atoms with Crippen LogP contribution in [0.2, 0.25) is 0 Å². The van der Waals surface area contributed by atoms with Crippen molar-refractivity contribution in [2.75, 3.05) is 0 Å². The van der Waals surface area contributed by atoms with E-state index in [1.54, 1.807) is 0 Å². The van der Waals surface area contributed by atoms with Gasteiger partial charge in [-0.25, -0.2) is 0 Å². The Balaban J connectivity index is 2.21. The zero-order chi connectivity index (χ0) is 21.7. The van der Waals surface area contributed by atoms with Crippen molar-refractivity contribution >= 4 is 11.8 Å². The van der Waals surface area contributed by atoms with Crippen molar-refractivity contribution in [3.05, 3.63) is 0 Å². The van der Waals surface area contributed by atoms with E-state index in [1.807, 2.05) is 34.6 Å². The van der Waals surface area contributed by atoms with E-state index in [2.05, 4.69) is 6.92 Å². The molecule has 0 radical (unpaired) electrons. The summed E-state index contributed by atoms with van der Waals surface area (Å²) in [5.74, 6) is -0.365. The van der Waals surface area contributed by atoms with Crippen LogP contribution in [0.5, 0.6) is 0 Å². The normalized spacial score (nSPS) is 43.2. The van der Waals surface area contributed by atoms with Crippen LogP contribution in [0.4, 0.5) is 0 Å². The summed E-state index contributed by atoms with van der Waals surface area (Å²) in [6, 6.07) is 0. The molecule has 168 valence electrons. The quantitative estimate of drug-likeness (QED) is 0.709. The van der Waals surface area contributed by atoms with E-state index in [0.29, 0.717) is 25.7 Å². The van der Waals surface area contributed by atoms with Crippen LogP contribution in [0.25, 0.3) is 0 Å². The molecular weight excluding hydrogens is 372 g/mol. The lowest BCUT2D eigenvalue weighted by atomic mass is 9.83. The SMILES string of the molecule is CC[C@H]1OC(=O)[C@H](C)[C@@H](O[C@H]2CC[C@@H](O)[C@H](C)O2)[C@@H](C)C[C@@H](C)C(=O)CC[C@H]1C. The summed E-state index contributed by atoms with van der Waals surface area (Å²) in [6.07, 6.45) is 1.99. The zero-order valence-corrected chi connectivity index (χ0v) is 18.9. The molecule has 9 atom stereocenters. The van der Waals surface area contributed by atoms with Gasteiger partial charge in [-0.15, -0.1) is 0 Å². The predicted molar refractivity (Wildman–Crippen MR) is 110 cm³/mol. The van der Waals surface area contributed by atoms with Crippen LogP contribution in [0.1, 0.15) is 80.1 Å². The summed E-state index contributed by atoms with van der Waals surface area (Å²) in [5, 5.41) is 9.91.